The van der Waals surface area contributed by atoms with E-state index in [4.69, 9.17) is 14.2 Å². The van der Waals surface area contributed by atoms with Gasteiger partial charge in [0.2, 0.25) is 0 Å². The number of benzene rings is 1. The molecule has 1 heterocycles. The zero-order valence-electron chi connectivity index (χ0n) is 22.5. The summed E-state index contributed by atoms with van der Waals surface area (Å²) in [6, 6.07) is 8.36. The Morgan fingerprint density at radius 2 is 1.74 bits per heavy atom. The first-order valence-corrected chi connectivity index (χ1v) is 13.3. The number of aliphatic hydroxyl groups excluding tert-OH is 3. The molecule has 0 aromatic heterocycles. The number of hydrogen-bond donors (Lipinski definition) is 4. The average molecular weight is 531 g/mol. The van der Waals surface area contributed by atoms with Crippen molar-refractivity contribution in [3.8, 4) is 0 Å². The Kier molecular flexibility index (Phi) is 6.36. The molecular weight excluding hydrogens is 492 g/mol. The predicted octanol–water partition coefficient (Wildman–Crippen LogP) is 1.90. The van der Waals surface area contributed by atoms with E-state index in [1.165, 1.54) is 6.92 Å². The molecule has 1 aromatic rings. The van der Waals surface area contributed by atoms with E-state index in [1.54, 1.807) is 51.1 Å². The van der Waals surface area contributed by atoms with Crippen molar-refractivity contribution in [1.29, 1.82) is 0 Å². The minimum absolute atomic E-state index is 0.0310. The molecule has 1 aromatic carbocycles. The lowest BCUT2D eigenvalue weighted by Gasteiger charge is -2.68. The molecule has 2 saturated carbocycles. The van der Waals surface area contributed by atoms with Gasteiger partial charge in [-0.3, -0.25) is 4.79 Å². The standard InChI is InChI=1S/C29H38O9/c1-15-11-12-29(35)24(37-25(34)17-9-7-6-8-10-17)22-27(5,23(33)21(32)20(15)26(29,3)4)18(31)13-19-28(22,14-36-19)38-16(2)30/h6-10,18-19,21-24,31-33,35H,11-14H2,1-5H3/t18-,19+,21+,22-,23-,24-,27+,28-,29+/m0/s1. The van der Waals surface area contributed by atoms with Crippen LogP contribution in [0.5, 0.6) is 0 Å². The van der Waals surface area contributed by atoms with Crippen molar-refractivity contribution in [2.75, 3.05) is 6.61 Å². The maximum absolute atomic E-state index is 13.6. The summed E-state index contributed by atoms with van der Waals surface area (Å²) in [5.74, 6) is -2.41. The highest BCUT2D eigenvalue weighted by molar-refractivity contribution is 5.89. The van der Waals surface area contributed by atoms with Crippen LogP contribution < -0.4 is 0 Å². The van der Waals surface area contributed by atoms with E-state index in [2.05, 4.69) is 0 Å². The van der Waals surface area contributed by atoms with Crippen molar-refractivity contribution >= 4 is 11.9 Å². The monoisotopic (exact) mass is 530 g/mol. The summed E-state index contributed by atoms with van der Waals surface area (Å²) in [4.78, 5) is 26.0. The lowest BCUT2D eigenvalue weighted by molar-refractivity contribution is -0.364. The molecule has 9 atom stereocenters. The lowest BCUT2D eigenvalue weighted by atomic mass is 9.44. The smallest absolute Gasteiger partial charge is 0.338 e. The summed E-state index contributed by atoms with van der Waals surface area (Å²) in [6.45, 7) is 8.18. The summed E-state index contributed by atoms with van der Waals surface area (Å²) in [5, 5.41) is 47.7. The van der Waals surface area contributed by atoms with Crippen molar-refractivity contribution < 1.29 is 44.2 Å². The average Bonchev–Trinajstić information content (AvgIpc) is 2.85. The van der Waals surface area contributed by atoms with Gasteiger partial charge < -0.3 is 34.6 Å². The van der Waals surface area contributed by atoms with Gasteiger partial charge in [0.15, 0.2) is 5.60 Å². The third-order valence-electron chi connectivity index (χ3n) is 10.1. The van der Waals surface area contributed by atoms with Gasteiger partial charge in [-0.1, -0.05) is 44.5 Å². The van der Waals surface area contributed by atoms with Crippen LogP contribution in [0.2, 0.25) is 0 Å². The maximum atomic E-state index is 13.6. The molecule has 3 fully saturated rings. The van der Waals surface area contributed by atoms with Gasteiger partial charge in [0.05, 0.1) is 30.3 Å². The number of rotatable bonds is 3. The molecular formula is C29H38O9. The Morgan fingerprint density at radius 1 is 1.08 bits per heavy atom. The van der Waals surface area contributed by atoms with E-state index in [1.807, 2.05) is 6.92 Å². The van der Waals surface area contributed by atoms with E-state index in [9.17, 15) is 30.0 Å². The number of carbonyl (C=O) groups excluding carboxylic acids is 2. The number of esters is 2. The van der Waals surface area contributed by atoms with E-state index in [-0.39, 0.29) is 25.0 Å². The third kappa shape index (κ3) is 3.48. The largest absolute Gasteiger partial charge is 0.455 e. The highest BCUT2D eigenvalue weighted by atomic mass is 16.6. The fourth-order valence-electron chi connectivity index (χ4n) is 7.91. The molecule has 2 bridgehead atoms. The summed E-state index contributed by atoms with van der Waals surface area (Å²) in [5.41, 5.74) is -4.31. The molecule has 0 radical (unpaired) electrons. The van der Waals surface area contributed by atoms with Crippen LogP contribution >= 0.6 is 0 Å². The molecule has 208 valence electrons. The molecule has 0 unspecified atom stereocenters. The fraction of sp³-hybridized carbons (Fsp3) is 0.655. The molecule has 1 saturated heterocycles. The molecule has 38 heavy (non-hydrogen) atoms. The molecule has 9 nitrogen and oxygen atoms in total. The number of ether oxygens (including phenoxy) is 3. The van der Waals surface area contributed by atoms with Gasteiger partial charge in [-0.2, -0.15) is 0 Å². The number of fused-ring (bicyclic) bond motifs is 5. The van der Waals surface area contributed by atoms with Crippen LogP contribution in [0.25, 0.3) is 0 Å². The van der Waals surface area contributed by atoms with Crippen LogP contribution in [0.1, 0.15) is 64.2 Å². The Hall–Kier alpha value is -2.30. The number of hydrogen-bond acceptors (Lipinski definition) is 9. The van der Waals surface area contributed by atoms with Gasteiger partial charge in [-0.15, -0.1) is 0 Å². The first-order valence-electron chi connectivity index (χ1n) is 13.3. The minimum atomic E-state index is -1.75. The van der Waals surface area contributed by atoms with Gasteiger partial charge in [-0.25, -0.2) is 4.79 Å². The highest BCUT2D eigenvalue weighted by Crippen LogP contribution is 2.64. The van der Waals surface area contributed by atoms with Gasteiger partial charge >= 0.3 is 11.9 Å². The van der Waals surface area contributed by atoms with Gasteiger partial charge in [0, 0.05) is 24.2 Å². The van der Waals surface area contributed by atoms with Crippen molar-refractivity contribution in [2.24, 2.45) is 16.7 Å². The van der Waals surface area contributed by atoms with Crippen LogP contribution in [-0.4, -0.2) is 80.7 Å². The second-order valence-electron chi connectivity index (χ2n) is 12.3. The zero-order valence-corrected chi connectivity index (χ0v) is 22.5. The highest BCUT2D eigenvalue weighted by Gasteiger charge is 2.77. The lowest BCUT2D eigenvalue weighted by Crippen LogP contribution is -2.82. The Bertz CT molecular complexity index is 1160. The summed E-state index contributed by atoms with van der Waals surface area (Å²) >= 11 is 0. The van der Waals surface area contributed by atoms with Crippen molar-refractivity contribution in [3.63, 3.8) is 0 Å². The molecule has 9 heteroatoms. The van der Waals surface area contributed by atoms with Gasteiger partial charge in [0.1, 0.15) is 23.9 Å². The Labute approximate surface area is 222 Å². The van der Waals surface area contributed by atoms with Crippen LogP contribution in [0.15, 0.2) is 41.5 Å². The number of allylic oxidation sites excluding steroid dienone is 1. The predicted molar refractivity (Wildman–Crippen MR) is 135 cm³/mol. The van der Waals surface area contributed by atoms with E-state index in [0.29, 0.717) is 12.0 Å². The second-order valence-corrected chi connectivity index (χ2v) is 12.3. The molecule has 3 aliphatic carbocycles. The summed E-state index contributed by atoms with van der Waals surface area (Å²) in [6.07, 6.45) is -5.63. The van der Waals surface area contributed by atoms with Crippen molar-refractivity contribution in [2.45, 2.75) is 95.6 Å². The first kappa shape index (κ1) is 27.3. The van der Waals surface area contributed by atoms with Gasteiger partial charge in [0.25, 0.3) is 0 Å². The van der Waals surface area contributed by atoms with Crippen LogP contribution in [0.3, 0.4) is 0 Å². The molecule has 5 rings (SSSR count). The maximum Gasteiger partial charge on any atom is 0.338 e. The SMILES string of the molecule is CC(=O)O[C@@]12CO[C@@H]1C[C@H](O)[C@]1(C)[C@@H]2[C@H](OC(=O)c2ccccc2)[C@]2(O)CCC(C)=C([C@@H](O)[C@@H]1O)C2(C)C. The summed E-state index contributed by atoms with van der Waals surface area (Å²) in [7, 11) is 0. The van der Waals surface area contributed by atoms with Crippen LogP contribution in [0.4, 0.5) is 0 Å². The topological polar surface area (TPSA) is 143 Å². The molecule has 4 aliphatic rings. The van der Waals surface area contributed by atoms with E-state index in [0.717, 1.165) is 5.57 Å². The first-order chi connectivity index (χ1) is 17.7. The van der Waals surface area contributed by atoms with E-state index < -0.39 is 70.4 Å². The van der Waals surface area contributed by atoms with Crippen LogP contribution in [0, 0.1) is 16.7 Å². The summed E-state index contributed by atoms with van der Waals surface area (Å²) < 4.78 is 18.0. The number of aliphatic hydroxyl groups is 4. The minimum Gasteiger partial charge on any atom is -0.455 e. The van der Waals surface area contributed by atoms with Crippen molar-refractivity contribution in [1.82, 2.24) is 0 Å². The molecule has 0 spiro atoms. The van der Waals surface area contributed by atoms with Crippen molar-refractivity contribution in [3.05, 3.63) is 47.0 Å². The number of carbonyl (C=O) groups is 2. The molecule has 1 aliphatic heterocycles. The fourth-order valence-corrected chi connectivity index (χ4v) is 7.91. The normalized spacial score (nSPS) is 43.5. The molecule has 4 N–H and O–H groups in total. The Morgan fingerprint density at radius 3 is 2.32 bits per heavy atom. The molecule has 0 amide bonds. The zero-order chi connectivity index (χ0) is 27.8. The second kappa shape index (κ2) is 8.86. The third-order valence-corrected chi connectivity index (χ3v) is 10.1. The van der Waals surface area contributed by atoms with Crippen LogP contribution in [-0.2, 0) is 19.0 Å². The Balaban J connectivity index is 1.78. The van der Waals surface area contributed by atoms with Gasteiger partial charge in [-0.05, 0) is 37.5 Å². The van der Waals surface area contributed by atoms with E-state index >= 15 is 0 Å². The quantitative estimate of drug-likeness (QED) is 0.340.